The molecule has 1 heterocycles. The molecule has 2 N–H and O–H groups in total. The zero-order valence-corrected chi connectivity index (χ0v) is 8.71. The van der Waals surface area contributed by atoms with E-state index in [9.17, 15) is 4.79 Å². The van der Waals surface area contributed by atoms with Crippen molar-refractivity contribution in [2.45, 2.75) is 23.9 Å². The third-order valence-electron chi connectivity index (χ3n) is 1.43. The number of rotatable bonds is 4. The zero-order valence-electron chi connectivity index (χ0n) is 7.89. The first-order valence-electron chi connectivity index (χ1n) is 3.94. The van der Waals surface area contributed by atoms with Gasteiger partial charge in [-0.05, 0) is 6.92 Å². The molecule has 0 radical (unpaired) electrons. The van der Waals surface area contributed by atoms with Gasteiger partial charge in [-0.15, -0.1) is 10.2 Å². The fourth-order valence-electron chi connectivity index (χ4n) is 0.734. The first-order chi connectivity index (χ1) is 6.67. The van der Waals surface area contributed by atoms with Crippen molar-refractivity contribution in [2.75, 3.05) is 7.11 Å². The molecule has 0 aliphatic carbocycles. The molecule has 1 atom stereocenters. The number of carbonyl (C=O) groups is 1. The van der Waals surface area contributed by atoms with Crippen LogP contribution in [-0.4, -0.2) is 28.5 Å². The van der Waals surface area contributed by atoms with Crippen molar-refractivity contribution in [1.29, 1.82) is 0 Å². The van der Waals surface area contributed by atoms with Crippen LogP contribution in [0.4, 0.5) is 0 Å². The lowest BCUT2D eigenvalue weighted by Gasteiger charge is -2.03. The Hall–Kier alpha value is -1.08. The molecular weight excluding hydrogens is 206 g/mol. The summed E-state index contributed by atoms with van der Waals surface area (Å²) in [6.07, 6.45) is 0. The number of thioether (sulfide) groups is 1. The zero-order chi connectivity index (χ0) is 10.6. The number of methoxy groups -OCH3 is 1. The number of esters is 1. The molecule has 78 valence electrons. The van der Waals surface area contributed by atoms with E-state index in [0.717, 1.165) is 11.8 Å². The number of hydrogen-bond acceptors (Lipinski definition) is 7. The highest BCUT2D eigenvalue weighted by Crippen LogP contribution is 2.22. The van der Waals surface area contributed by atoms with Crippen molar-refractivity contribution in [2.24, 2.45) is 5.73 Å². The topological polar surface area (TPSA) is 91.2 Å². The Morgan fingerprint density at radius 3 is 2.93 bits per heavy atom. The number of nitrogens with two attached hydrogens (primary N) is 1. The molecule has 1 aromatic heterocycles. The summed E-state index contributed by atoms with van der Waals surface area (Å²) >= 11 is 1.14. The van der Waals surface area contributed by atoms with Crippen LogP contribution >= 0.6 is 11.8 Å². The molecule has 0 saturated heterocycles. The lowest BCUT2D eigenvalue weighted by atomic mass is 10.5. The summed E-state index contributed by atoms with van der Waals surface area (Å²) in [5.41, 5.74) is 5.28. The highest BCUT2D eigenvalue weighted by Gasteiger charge is 2.18. The van der Waals surface area contributed by atoms with Gasteiger partial charge >= 0.3 is 5.97 Å². The Bertz CT molecular complexity index is 315. The molecule has 0 aliphatic heterocycles. The van der Waals surface area contributed by atoms with Gasteiger partial charge in [0.15, 0.2) is 0 Å². The van der Waals surface area contributed by atoms with Gasteiger partial charge in [-0.3, -0.25) is 4.79 Å². The van der Waals surface area contributed by atoms with Gasteiger partial charge in [0.2, 0.25) is 5.89 Å². The van der Waals surface area contributed by atoms with Crippen molar-refractivity contribution in [3.63, 3.8) is 0 Å². The number of carbonyl (C=O) groups excluding carboxylic acids is 1. The van der Waals surface area contributed by atoms with Crippen LogP contribution in [-0.2, 0) is 16.1 Å². The summed E-state index contributed by atoms with van der Waals surface area (Å²) in [6.45, 7) is 1.89. The van der Waals surface area contributed by atoms with Crippen LogP contribution < -0.4 is 5.73 Å². The molecule has 7 heteroatoms. The highest BCUT2D eigenvalue weighted by atomic mass is 32.2. The normalized spacial score (nSPS) is 12.5. The minimum Gasteiger partial charge on any atom is -0.468 e. The third kappa shape index (κ3) is 2.71. The van der Waals surface area contributed by atoms with Crippen LogP contribution in [0.3, 0.4) is 0 Å². The SMILES string of the molecule is COC(=O)C(C)Sc1nnc(CN)o1. The molecule has 14 heavy (non-hydrogen) atoms. The fraction of sp³-hybridized carbons (Fsp3) is 0.571. The second-order valence-electron chi connectivity index (χ2n) is 2.45. The van der Waals surface area contributed by atoms with E-state index in [1.54, 1.807) is 6.92 Å². The molecule has 1 aromatic rings. The summed E-state index contributed by atoms with van der Waals surface area (Å²) in [4.78, 5) is 11.0. The number of nitrogens with zero attached hydrogens (tertiary/aromatic N) is 2. The van der Waals surface area contributed by atoms with E-state index in [0.29, 0.717) is 11.1 Å². The molecule has 0 aromatic carbocycles. The smallest absolute Gasteiger partial charge is 0.319 e. The van der Waals surface area contributed by atoms with E-state index in [1.807, 2.05) is 0 Å². The summed E-state index contributed by atoms with van der Waals surface area (Å²) in [7, 11) is 1.33. The Kier molecular flexibility index (Phi) is 3.90. The van der Waals surface area contributed by atoms with E-state index in [2.05, 4.69) is 14.9 Å². The van der Waals surface area contributed by atoms with Crippen LogP contribution in [0.1, 0.15) is 12.8 Å². The molecule has 1 rings (SSSR count). The standard InChI is InChI=1S/C7H11N3O3S/c1-4(6(11)12-2)14-7-10-9-5(3-8)13-7/h4H,3,8H2,1-2H3. The van der Waals surface area contributed by atoms with Crippen molar-refractivity contribution < 1.29 is 13.9 Å². The van der Waals surface area contributed by atoms with Gasteiger partial charge in [-0.2, -0.15) is 0 Å². The van der Waals surface area contributed by atoms with Crippen LogP contribution in [0.2, 0.25) is 0 Å². The Labute approximate surface area is 85.2 Å². The summed E-state index contributed by atoms with van der Waals surface area (Å²) in [5, 5.41) is 7.31. The predicted octanol–water partition coefficient (Wildman–Crippen LogP) is 0.182. The molecule has 0 saturated carbocycles. The maximum absolute atomic E-state index is 11.0. The minimum absolute atomic E-state index is 0.195. The molecule has 6 nitrogen and oxygen atoms in total. The van der Waals surface area contributed by atoms with E-state index < -0.39 is 0 Å². The minimum atomic E-state index is -0.369. The molecule has 1 unspecified atom stereocenters. The van der Waals surface area contributed by atoms with Gasteiger partial charge in [0.1, 0.15) is 5.25 Å². The molecule has 0 amide bonds. The van der Waals surface area contributed by atoms with Crippen molar-refractivity contribution in [3.8, 4) is 0 Å². The van der Waals surface area contributed by atoms with Gasteiger partial charge < -0.3 is 14.9 Å². The molecule has 0 fully saturated rings. The number of ether oxygens (including phenoxy) is 1. The lowest BCUT2D eigenvalue weighted by molar-refractivity contribution is -0.139. The molecule has 0 bridgehead atoms. The van der Waals surface area contributed by atoms with Crippen molar-refractivity contribution in [3.05, 3.63) is 5.89 Å². The molecular formula is C7H11N3O3S. The largest absolute Gasteiger partial charge is 0.468 e. The Morgan fingerprint density at radius 1 is 1.71 bits per heavy atom. The molecule has 0 aliphatic rings. The maximum atomic E-state index is 11.0. The van der Waals surface area contributed by atoms with Crippen LogP contribution in [0.15, 0.2) is 9.64 Å². The first kappa shape index (κ1) is 11.0. The van der Waals surface area contributed by atoms with Crippen molar-refractivity contribution >= 4 is 17.7 Å². The highest BCUT2D eigenvalue weighted by molar-refractivity contribution is 8.00. The van der Waals surface area contributed by atoms with Crippen LogP contribution in [0.25, 0.3) is 0 Å². The average molecular weight is 217 g/mol. The number of aromatic nitrogens is 2. The number of hydrogen-bond donors (Lipinski definition) is 1. The third-order valence-corrected chi connectivity index (χ3v) is 2.35. The van der Waals surface area contributed by atoms with Gasteiger partial charge in [0.25, 0.3) is 5.22 Å². The van der Waals surface area contributed by atoms with Gasteiger partial charge in [0.05, 0.1) is 13.7 Å². The summed E-state index contributed by atoms with van der Waals surface area (Å²) < 4.78 is 9.65. The second kappa shape index (κ2) is 4.97. The Morgan fingerprint density at radius 2 is 2.43 bits per heavy atom. The fourth-order valence-corrected chi connectivity index (χ4v) is 1.46. The van der Waals surface area contributed by atoms with E-state index >= 15 is 0 Å². The van der Waals surface area contributed by atoms with E-state index in [4.69, 9.17) is 10.2 Å². The summed E-state index contributed by atoms with van der Waals surface area (Å²) in [6, 6.07) is 0. The maximum Gasteiger partial charge on any atom is 0.319 e. The average Bonchev–Trinajstić information content (AvgIpc) is 2.64. The van der Waals surface area contributed by atoms with E-state index in [-0.39, 0.29) is 17.8 Å². The monoisotopic (exact) mass is 217 g/mol. The van der Waals surface area contributed by atoms with Gasteiger partial charge in [0, 0.05) is 0 Å². The second-order valence-corrected chi connectivity index (χ2v) is 3.74. The van der Waals surface area contributed by atoms with Gasteiger partial charge in [-0.25, -0.2) is 0 Å². The predicted molar refractivity (Wildman–Crippen MR) is 49.5 cm³/mol. The van der Waals surface area contributed by atoms with Crippen LogP contribution in [0, 0.1) is 0 Å². The Balaban J connectivity index is 2.55. The quantitative estimate of drug-likeness (QED) is 0.568. The van der Waals surface area contributed by atoms with Crippen molar-refractivity contribution in [1.82, 2.24) is 10.2 Å². The van der Waals surface area contributed by atoms with Crippen LogP contribution in [0.5, 0.6) is 0 Å². The lowest BCUT2D eigenvalue weighted by Crippen LogP contribution is -2.14. The first-order valence-corrected chi connectivity index (χ1v) is 4.82. The summed E-state index contributed by atoms with van der Waals surface area (Å²) in [5.74, 6) is 0.0204. The van der Waals surface area contributed by atoms with E-state index in [1.165, 1.54) is 7.11 Å². The van der Waals surface area contributed by atoms with Gasteiger partial charge in [-0.1, -0.05) is 11.8 Å². The molecule has 0 spiro atoms.